The molecular formula is C13H13ClN4OS. The molecule has 1 aromatic carbocycles. The van der Waals surface area contributed by atoms with Crippen LogP contribution in [-0.2, 0) is 4.79 Å². The highest BCUT2D eigenvalue weighted by Gasteiger charge is 2.09. The number of halogens is 1. The summed E-state index contributed by atoms with van der Waals surface area (Å²) in [5, 5.41) is 11.9. The van der Waals surface area contributed by atoms with E-state index in [1.165, 1.54) is 11.8 Å². The minimum atomic E-state index is -0.0736. The molecule has 0 aliphatic rings. The smallest absolute Gasteiger partial charge is 0.230 e. The lowest BCUT2D eigenvalue weighted by Gasteiger charge is -2.06. The fourth-order valence-corrected chi connectivity index (χ4v) is 2.44. The molecule has 20 heavy (non-hydrogen) atoms. The van der Waals surface area contributed by atoms with E-state index in [4.69, 9.17) is 11.6 Å². The van der Waals surface area contributed by atoms with Gasteiger partial charge in [0.25, 0.3) is 0 Å². The largest absolute Gasteiger partial charge is 0.352 e. The van der Waals surface area contributed by atoms with Crippen molar-refractivity contribution in [2.45, 2.75) is 5.16 Å². The topological polar surface area (TPSA) is 59.8 Å². The Labute approximate surface area is 126 Å². The zero-order valence-electron chi connectivity index (χ0n) is 10.6. The molecule has 5 nitrogen and oxygen atoms in total. The van der Waals surface area contributed by atoms with Crippen molar-refractivity contribution >= 4 is 29.3 Å². The van der Waals surface area contributed by atoms with Crippen molar-refractivity contribution < 1.29 is 4.79 Å². The van der Waals surface area contributed by atoms with Gasteiger partial charge in [0.05, 0.1) is 11.4 Å². The summed E-state index contributed by atoms with van der Waals surface area (Å²) in [6, 6.07) is 7.36. The second-order valence-electron chi connectivity index (χ2n) is 3.84. The minimum Gasteiger partial charge on any atom is -0.352 e. The number of carbonyl (C=O) groups excluding carboxylic acids is 1. The van der Waals surface area contributed by atoms with E-state index in [1.54, 1.807) is 23.0 Å². The number of nitrogens with zero attached hydrogens (tertiary/aromatic N) is 3. The molecule has 0 fully saturated rings. The van der Waals surface area contributed by atoms with Crippen molar-refractivity contribution in [3.8, 4) is 5.69 Å². The Morgan fingerprint density at radius 2 is 2.40 bits per heavy atom. The van der Waals surface area contributed by atoms with Crippen LogP contribution in [0.5, 0.6) is 0 Å². The Bertz CT molecular complexity index is 614. The lowest BCUT2D eigenvalue weighted by molar-refractivity contribution is -0.118. The van der Waals surface area contributed by atoms with Crippen molar-refractivity contribution in [3.63, 3.8) is 0 Å². The highest BCUT2D eigenvalue weighted by atomic mass is 35.5. The van der Waals surface area contributed by atoms with Crippen molar-refractivity contribution in [1.82, 2.24) is 20.1 Å². The zero-order chi connectivity index (χ0) is 14.4. The maximum Gasteiger partial charge on any atom is 0.230 e. The van der Waals surface area contributed by atoms with Gasteiger partial charge in [-0.15, -0.1) is 16.8 Å². The fraction of sp³-hybridized carbons (Fsp3) is 0.154. The van der Waals surface area contributed by atoms with E-state index in [2.05, 4.69) is 22.1 Å². The first-order valence-electron chi connectivity index (χ1n) is 5.87. The fourth-order valence-electron chi connectivity index (χ4n) is 1.49. The lowest BCUT2D eigenvalue weighted by atomic mass is 10.3. The van der Waals surface area contributed by atoms with Crippen molar-refractivity contribution in [2.75, 3.05) is 12.3 Å². The number of rotatable bonds is 6. The van der Waals surface area contributed by atoms with Gasteiger partial charge in [-0.3, -0.25) is 9.36 Å². The number of hydrogen-bond donors (Lipinski definition) is 1. The molecule has 0 saturated carbocycles. The van der Waals surface area contributed by atoms with Gasteiger partial charge in [-0.2, -0.15) is 0 Å². The van der Waals surface area contributed by atoms with E-state index in [9.17, 15) is 4.79 Å². The third-order valence-corrected chi connectivity index (χ3v) is 3.56. The Balaban J connectivity index is 2.05. The van der Waals surface area contributed by atoms with Crippen LogP contribution in [0.15, 0.2) is 48.4 Å². The number of benzene rings is 1. The van der Waals surface area contributed by atoms with E-state index in [0.29, 0.717) is 16.7 Å². The van der Waals surface area contributed by atoms with Crippen LogP contribution in [0.3, 0.4) is 0 Å². The Morgan fingerprint density at radius 3 is 3.15 bits per heavy atom. The molecule has 0 bridgehead atoms. The molecule has 0 radical (unpaired) electrons. The van der Waals surface area contributed by atoms with Gasteiger partial charge in [0.1, 0.15) is 6.33 Å². The molecule has 2 rings (SSSR count). The molecule has 1 amide bonds. The molecule has 0 saturated heterocycles. The Morgan fingerprint density at radius 1 is 1.55 bits per heavy atom. The SMILES string of the molecule is C=CCNC(=O)CSc1nncn1-c1cccc(Cl)c1. The summed E-state index contributed by atoms with van der Waals surface area (Å²) in [5.41, 5.74) is 0.858. The second kappa shape index (κ2) is 7.12. The third-order valence-electron chi connectivity index (χ3n) is 2.38. The summed E-state index contributed by atoms with van der Waals surface area (Å²) < 4.78 is 1.79. The van der Waals surface area contributed by atoms with Crippen molar-refractivity contribution in [3.05, 3.63) is 48.3 Å². The number of carbonyl (C=O) groups is 1. The minimum absolute atomic E-state index is 0.0736. The molecule has 1 aromatic heterocycles. The summed E-state index contributed by atoms with van der Waals surface area (Å²) >= 11 is 7.28. The Hall–Kier alpha value is -1.79. The molecule has 2 aromatic rings. The van der Waals surface area contributed by atoms with Gasteiger partial charge < -0.3 is 5.32 Å². The molecule has 0 aliphatic heterocycles. The summed E-state index contributed by atoms with van der Waals surface area (Å²) in [7, 11) is 0. The van der Waals surface area contributed by atoms with Crippen molar-refractivity contribution in [1.29, 1.82) is 0 Å². The number of aromatic nitrogens is 3. The van der Waals surface area contributed by atoms with Crippen LogP contribution in [0.4, 0.5) is 0 Å². The Kier molecular flexibility index (Phi) is 5.20. The summed E-state index contributed by atoms with van der Waals surface area (Å²) in [5.74, 6) is 0.197. The highest BCUT2D eigenvalue weighted by molar-refractivity contribution is 7.99. The molecule has 7 heteroatoms. The summed E-state index contributed by atoms with van der Waals surface area (Å²) in [6.07, 6.45) is 3.23. The molecule has 1 heterocycles. The first kappa shape index (κ1) is 14.6. The predicted octanol–water partition coefficient (Wildman–Crippen LogP) is 2.32. The lowest BCUT2D eigenvalue weighted by Crippen LogP contribution is -2.25. The monoisotopic (exact) mass is 308 g/mol. The zero-order valence-corrected chi connectivity index (χ0v) is 12.2. The molecule has 1 N–H and O–H groups in total. The summed E-state index contributed by atoms with van der Waals surface area (Å²) in [6.45, 7) is 4.00. The predicted molar refractivity (Wildman–Crippen MR) is 80.3 cm³/mol. The van der Waals surface area contributed by atoms with Crippen LogP contribution in [0.25, 0.3) is 5.69 Å². The van der Waals surface area contributed by atoms with Gasteiger partial charge in [0.2, 0.25) is 5.91 Å². The average Bonchev–Trinajstić information content (AvgIpc) is 2.91. The van der Waals surface area contributed by atoms with E-state index in [0.717, 1.165) is 5.69 Å². The van der Waals surface area contributed by atoms with Gasteiger partial charge in [-0.05, 0) is 18.2 Å². The average molecular weight is 309 g/mol. The first-order chi connectivity index (χ1) is 9.70. The quantitative estimate of drug-likeness (QED) is 0.657. The van der Waals surface area contributed by atoms with Crippen LogP contribution >= 0.6 is 23.4 Å². The van der Waals surface area contributed by atoms with Gasteiger partial charge in [-0.1, -0.05) is 35.5 Å². The summed E-state index contributed by atoms with van der Waals surface area (Å²) in [4.78, 5) is 11.5. The molecule has 0 atom stereocenters. The normalized spacial score (nSPS) is 10.2. The van der Waals surface area contributed by atoms with Crippen LogP contribution in [0.2, 0.25) is 5.02 Å². The van der Waals surface area contributed by atoms with Crippen LogP contribution in [0.1, 0.15) is 0 Å². The van der Waals surface area contributed by atoms with Gasteiger partial charge in [0, 0.05) is 11.6 Å². The number of hydrogen-bond acceptors (Lipinski definition) is 4. The molecule has 0 spiro atoms. The maximum absolute atomic E-state index is 11.5. The molecule has 0 unspecified atom stereocenters. The first-order valence-corrected chi connectivity index (χ1v) is 7.23. The van der Waals surface area contributed by atoms with Crippen LogP contribution in [-0.4, -0.2) is 33.0 Å². The number of amides is 1. The number of thioether (sulfide) groups is 1. The van der Waals surface area contributed by atoms with Gasteiger partial charge in [-0.25, -0.2) is 0 Å². The van der Waals surface area contributed by atoms with E-state index >= 15 is 0 Å². The number of nitrogens with one attached hydrogen (secondary N) is 1. The second-order valence-corrected chi connectivity index (χ2v) is 5.22. The van der Waals surface area contributed by atoms with Crippen LogP contribution < -0.4 is 5.32 Å². The van der Waals surface area contributed by atoms with E-state index < -0.39 is 0 Å². The van der Waals surface area contributed by atoms with E-state index in [1.807, 2.05) is 18.2 Å². The van der Waals surface area contributed by atoms with Gasteiger partial charge in [0.15, 0.2) is 5.16 Å². The van der Waals surface area contributed by atoms with Crippen molar-refractivity contribution in [2.24, 2.45) is 0 Å². The molecular weight excluding hydrogens is 296 g/mol. The van der Waals surface area contributed by atoms with E-state index in [-0.39, 0.29) is 11.7 Å². The highest BCUT2D eigenvalue weighted by Crippen LogP contribution is 2.21. The molecule has 0 aliphatic carbocycles. The maximum atomic E-state index is 11.5. The standard InChI is InChI=1S/C13H13ClN4OS/c1-2-6-15-12(19)8-20-13-17-16-9-18(13)11-5-3-4-10(14)7-11/h2-5,7,9H,1,6,8H2,(H,15,19). The van der Waals surface area contributed by atoms with Gasteiger partial charge >= 0.3 is 0 Å². The molecule has 104 valence electrons. The van der Waals surface area contributed by atoms with Crippen LogP contribution in [0, 0.1) is 0 Å². The third kappa shape index (κ3) is 3.85.